The van der Waals surface area contributed by atoms with Crippen molar-refractivity contribution >= 4 is 23.9 Å². The first-order chi connectivity index (χ1) is 11.4. The minimum atomic E-state index is -1.29. The van der Waals surface area contributed by atoms with Gasteiger partial charge in [0.25, 0.3) is 0 Å². The Balaban J connectivity index is 1.87. The summed E-state index contributed by atoms with van der Waals surface area (Å²) in [6.45, 7) is 0.00199. The number of esters is 2. The lowest BCUT2D eigenvalue weighted by Gasteiger charge is -2.16. The molecule has 2 heterocycles. The van der Waals surface area contributed by atoms with Gasteiger partial charge in [0.1, 0.15) is 12.2 Å². The third-order valence-corrected chi connectivity index (χ3v) is 3.22. The molecule has 0 aromatic heterocycles. The molecule has 2 aliphatic rings. The number of carboxylic acids is 2. The largest absolute Gasteiger partial charge is 0.478 e. The highest BCUT2D eigenvalue weighted by atomic mass is 16.7. The molecule has 4 atom stereocenters. The van der Waals surface area contributed by atoms with Crippen LogP contribution in [0.1, 0.15) is 0 Å². The molecule has 2 aliphatic heterocycles. The van der Waals surface area contributed by atoms with E-state index in [0.29, 0.717) is 12.2 Å². The number of carbonyl (C=O) groups is 4. The second kappa shape index (κ2) is 7.70. The molecular formula is C14H14O10. The zero-order valence-corrected chi connectivity index (χ0v) is 12.2. The van der Waals surface area contributed by atoms with Gasteiger partial charge in [0, 0.05) is 24.3 Å². The average molecular weight is 342 g/mol. The van der Waals surface area contributed by atoms with Crippen molar-refractivity contribution in [2.24, 2.45) is 0 Å². The quantitative estimate of drug-likeness (QED) is 0.450. The third-order valence-electron chi connectivity index (χ3n) is 3.22. The van der Waals surface area contributed by atoms with Crippen LogP contribution in [0.15, 0.2) is 24.3 Å². The first-order valence-corrected chi connectivity index (χ1v) is 6.83. The highest BCUT2D eigenvalue weighted by Gasteiger charge is 2.50. The van der Waals surface area contributed by atoms with Gasteiger partial charge in [0.15, 0.2) is 12.2 Å². The molecule has 0 aromatic rings. The van der Waals surface area contributed by atoms with Crippen LogP contribution >= 0.6 is 0 Å². The fourth-order valence-corrected chi connectivity index (χ4v) is 2.29. The van der Waals surface area contributed by atoms with E-state index in [1.807, 2.05) is 0 Å². The Labute approximate surface area is 135 Å². The van der Waals surface area contributed by atoms with Crippen LogP contribution in [0.2, 0.25) is 0 Å². The number of carbonyl (C=O) groups excluding carboxylic acids is 2. The lowest BCUT2D eigenvalue weighted by Crippen LogP contribution is -2.35. The van der Waals surface area contributed by atoms with E-state index in [1.165, 1.54) is 0 Å². The molecule has 0 spiro atoms. The Morgan fingerprint density at radius 3 is 1.46 bits per heavy atom. The van der Waals surface area contributed by atoms with Crippen LogP contribution in [0.25, 0.3) is 0 Å². The van der Waals surface area contributed by atoms with E-state index in [1.54, 1.807) is 0 Å². The van der Waals surface area contributed by atoms with Crippen molar-refractivity contribution in [2.75, 3.05) is 13.2 Å². The number of ether oxygens (including phenoxy) is 4. The van der Waals surface area contributed by atoms with Gasteiger partial charge in [-0.1, -0.05) is 0 Å². The van der Waals surface area contributed by atoms with Crippen LogP contribution in [0.5, 0.6) is 0 Å². The average Bonchev–Trinajstić information content (AvgIpc) is 3.07. The highest BCUT2D eigenvalue weighted by Crippen LogP contribution is 2.30. The van der Waals surface area contributed by atoms with Crippen molar-refractivity contribution in [2.45, 2.75) is 24.4 Å². The van der Waals surface area contributed by atoms with Crippen LogP contribution < -0.4 is 0 Å². The van der Waals surface area contributed by atoms with Crippen molar-refractivity contribution < 1.29 is 48.3 Å². The second-order valence-corrected chi connectivity index (χ2v) is 4.89. The Morgan fingerprint density at radius 1 is 0.750 bits per heavy atom. The first kappa shape index (κ1) is 17.6. The molecule has 10 nitrogen and oxygen atoms in total. The van der Waals surface area contributed by atoms with E-state index in [4.69, 9.17) is 29.2 Å². The van der Waals surface area contributed by atoms with E-state index in [-0.39, 0.29) is 13.2 Å². The molecule has 24 heavy (non-hydrogen) atoms. The zero-order chi connectivity index (χ0) is 17.7. The number of hydrogen-bond acceptors (Lipinski definition) is 8. The smallest absolute Gasteiger partial charge is 0.331 e. The Hall–Kier alpha value is -2.72. The number of rotatable bonds is 6. The van der Waals surface area contributed by atoms with E-state index in [0.717, 1.165) is 12.2 Å². The second-order valence-electron chi connectivity index (χ2n) is 4.89. The van der Waals surface area contributed by atoms with Crippen molar-refractivity contribution in [3.05, 3.63) is 24.3 Å². The van der Waals surface area contributed by atoms with E-state index in [2.05, 4.69) is 0 Å². The summed E-state index contributed by atoms with van der Waals surface area (Å²) in [5.74, 6) is -4.29. The SMILES string of the molecule is O=C(O)/C=C\C(=O)O[C@@H]1COC2C1OC[C@H]2OC(=O)/C=C\C(=O)O. The Kier molecular flexibility index (Phi) is 5.66. The van der Waals surface area contributed by atoms with Gasteiger partial charge in [0.05, 0.1) is 13.2 Å². The molecule has 2 fully saturated rings. The standard InChI is InChI=1S/C14H14O10/c15-9(16)1-3-11(19)23-7-5-21-14-8(6-22-13(7)14)24-12(20)4-2-10(17)18/h1-4,7-8,13-14H,5-6H2,(H,15,16)(H,17,18)/b3-1-,4-2-/t7-,8-,13?,14?/m1/s1. The minimum Gasteiger partial charge on any atom is -0.478 e. The van der Waals surface area contributed by atoms with Gasteiger partial charge in [-0.3, -0.25) is 0 Å². The predicted molar refractivity (Wildman–Crippen MR) is 72.8 cm³/mol. The van der Waals surface area contributed by atoms with Gasteiger partial charge >= 0.3 is 23.9 Å². The van der Waals surface area contributed by atoms with Crippen molar-refractivity contribution in [1.29, 1.82) is 0 Å². The fourth-order valence-electron chi connectivity index (χ4n) is 2.29. The zero-order valence-electron chi connectivity index (χ0n) is 12.2. The van der Waals surface area contributed by atoms with Crippen LogP contribution in [-0.4, -0.2) is 71.7 Å². The molecule has 2 N–H and O–H groups in total. The molecule has 0 bridgehead atoms. The Morgan fingerprint density at radius 2 is 1.12 bits per heavy atom. The molecule has 2 rings (SSSR count). The highest BCUT2D eigenvalue weighted by molar-refractivity contribution is 5.91. The molecule has 10 heteroatoms. The van der Waals surface area contributed by atoms with Crippen LogP contribution in [0.4, 0.5) is 0 Å². The summed E-state index contributed by atoms with van der Waals surface area (Å²) >= 11 is 0. The van der Waals surface area contributed by atoms with Crippen molar-refractivity contribution in [3.63, 3.8) is 0 Å². The lowest BCUT2D eigenvalue weighted by molar-refractivity contribution is -0.149. The summed E-state index contributed by atoms with van der Waals surface area (Å²) in [4.78, 5) is 43.6. The minimum absolute atomic E-state index is 0.000993. The molecule has 0 saturated carbocycles. The summed E-state index contributed by atoms with van der Waals surface area (Å²) in [5, 5.41) is 16.9. The maximum absolute atomic E-state index is 11.5. The van der Waals surface area contributed by atoms with Gasteiger partial charge in [-0.25, -0.2) is 19.2 Å². The molecular weight excluding hydrogens is 328 g/mol. The predicted octanol–water partition coefficient (Wildman–Crippen LogP) is -1.11. The number of fused-ring (bicyclic) bond motifs is 1. The molecule has 0 aliphatic carbocycles. The third kappa shape index (κ3) is 4.64. The fraction of sp³-hybridized carbons (Fsp3) is 0.429. The van der Waals surface area contributed by atoms with Gasteiger partial charge in [-0.2, -0.15) is 0 Å². The molecule has 2 saturated heterocycles. The van der Waals surface area contributed by atoms with E-state index >= 15 is 0 Å². The molecule has 0 aromatic carbocycles. The lowest BCUT2D eigenvalue weighted by atomic mass is 10.1. The maximum atomic E-state index is 11.5. The number of hydrogen-bond donors (Lipinski definition) is 2. The number of carboxylic acid groups (broad SMARTS) is 2. The number of aliphatic carboxylic acids is 2. The van der Waals surface area contributed by atoms with Gasteiger partial charge in [-0.05, 0) is 0 Å². The van der Waals surface area contributed by atoms with Gasteiger partial charge in [-0.15, -0.1) is 0 Å². The summed E-state index contributed by atoms with van der Waals surface area (Å²) in [6, 6.07) is 0. The van der Waals surface area contributed by atoms with E-state index < -0.39 is 48.3 Å². The molecule has 2 unspecified atom stereocenters. The monoisotopic (exact) mass is 342 g/mol. The van der Waals surface area contributed by atoms with Crippen LogP contribution in [0.3, 0.4) is 0 Å². The molecule has 130 valence electrons. The summed E-state index contributed by atoms with van der Waals surface area (Å²) < 4.78 is 20.9. The van der Waals surface area contributed by atoms with Gasteiger partial charge in [0.2, 0.25) is 0 Å². The summed E-state index contributed by atoms with van der Waals surface area (Å²) in [7, 11) is 0. The van der Waals surface area contributed by atoms with Crippen molar-refractivity contribution in [3.8, 4) is 0 Å². The Bertz CT molecular complexity index is 540. The van der Waals surface area contributed by atoms with Crippen LogP contribution in [-0.2, 0) is 38.1 Å². The molecule has 0 radical (unpaired) electrons. The summed E-state index contributed by atoms with van der Waals surface area (Å²) in [6.07, 6.45) is -0.0348. The van der Waals surface area contributed by atoms with Crippen molar-refractivity contribution in [1.82, 2.24) is 0 Å². The normalized spacial score (nSPS) is 28.8. The molecule has 0 amide bonds. The van der Waals surface area contributed by atoms with E-state index in [9.17, 15) is 19.2 Å². The summed E-state index contributed by atoms with van der Waals surface area (Å²) in [5.41, 5.74) is 0. The van der Waals surface area contributed by atoms with Gasteiger partial charge < -0.3 is 29.2 Å². The van der Waals surface area contributed by atoms with Crippen LogP contribution in [0, 0.1) is 0 Å². The topological polar surface area (TPSA) is 146 Å². The maximum Gasteiger partial charge on any atom is 0.331 e. The first-order valence-electron chi connectivity index (χ1n) is 6.83.